The van der Waals surface area contributed by atoms with Gasteiger partial charge in [-0.15, -0.1) is 0 Å². The van der Waals surface area contributed by atoms with Crippen LogP contribution in [0.1, 0.15) is 20.8 Å². The number of hydrogen-bond acceptors (Lipinski definition) is 5. The molecule has 0 bridgehead atoms. The van der Waals surface area contributed by atoms with E-state index in [0.29, 0.717) is 5.75 Å². The fourth-order valence-electron chi connectivity index (χ4n) is 2.80. The van der Waals surface area contributed by atoms with Crippen LogP contribution in [0.2, 0.25) is 0 Å². The highest BCUT2D eigenvalue weighted by Crippen LogP contribution is 2.32. The summed E-state index contributed by atoms with van der Waals surface area (Å²) in [6.45, 7) is 5.93. The zero-order valence-electron chi connectivity index (χ0n) is 16.5. The molecule has 1 aromatic carbocycles. The molecule has 0 fully saturated rings. The molecule has 8 nitrogen and oxygen atoms in total. The van der Waals surface area contributed by atoms with E-state index in [0.717, 1.165) is 5.69 Å². The molecule has 1 atom stereocenters. The number of amides is 3. The second-order valence-electron chi connectivity index (χ2n) is 7.62. The van der Waals surface area contributed by atoms with Crippen molar-refractivity contribution in [2.45, 2.75) is 32.4 Å². The number of ether oxygens (including phenoxy) is 1. The monoisotopic (exact) mass is 376 g/mol. The summed E-state index contributed by atoms with van der Waals surface area (Å²) in [4.78, 5) is 39.9. The van der Waals surface area contributed by atoms with Crippen molar-refractivity contribution in [2.75, 3.05) is 38.6 Å². The van der Waals surface area contributed by atoms with Crippen LogP contribution in [0.3, 0.4) is 0 Å². The van der Waals surface area contributed by atoms with Crippen molar-refractivity contribution in [3.05, 3.63) is 24.3 Å². The zero-order valence-corrected chi connectivity index (χ0v) is 16.5. The van der Waals surface area contributed by atoms with Crippen molar-refractivity contribution in [3.63, 3.8) is 0 Å². The second kappa shape index (κ2) is 8.28. The lowest BCUT2D eigenvalue weighted by atomic mass is 10.1. The molecule has 0 unspecified atom stereocenters. The van der Waals surface area contributed by atoms with E-state index < -0.39 is 6.10 Å². The van der Waals surface area contributed by atoms with Gasteiger partial charge in [0.05, 0.1) is 25.3 Å². The van der Waals surface area contributed by atoms with Gasteiger partial charge in [0.15, 0.2) is 6.10 Å². The van der Waals surface area contributed by atoms with Gasteiger partial charge in [-0.1, -0.05) is 12.1 Å². The Labute approximate surface area is 159 Å². The molecule has 1 heterocycles. The molecule has 0 saturated carbocycles. The lowest BCUT2D eigenvalue weighted by Crippen LogP contribution is -2.52. The van der Waals surface area contributed by atoms with E-state index in [-0.39, 0.29) is 42.9 Å². The highest BCUT2D eigenvalue weighted by Gasteiger charge is 2.31. The molecule has 8 heteroatoms. The number of carbonyl (C=O) groups excluding carboxylic acids is 3. The number of fused-ring (bicyclic) bond motifs is 1. The van der Waals surface area contributed by atoms with Crippen LogP contribution < -0.4 is 20.3 Å². The van der Waals surface area contributed by atoms with Gasteiger partial charge in [-0.05, 0) is 32.9 Å². The van der Waals surface area contributed by atoms with E-state index in [2.05, 4.69) is 10.6 Å². The van der Waals surface area contributed by atoms with E-state index in [1.807, 2.05) is 39.0 Å². The molecule has 0 spiro atoms. The van der Waals surface area contributed by atoms with Gasteiger partial charge in [0.1, 0.15) is 5.75 Å². The summed E-state index contributed by atoms with van der Waals surface area (Å²) in [5.74, 6) is -0.131. The van der Waals surface area contributed by atoms with Crippen LogP contribution in [0.5, 0.6) is 5.75 Å². The largest absolute Gasteiger partial charge is 0.477 e. The third-order valence-corrected chi connectivity index (χ3v) is 4.05. The minimum absolute atomic E-state index is 0.0268. The summed E-state index contributed by atoms with van der Waals surface area (Å²) >= 11 is 0. The number of rotatable bonds is 5. The molecule has 27 heavy (non-hydrogen) atoms. The number of nitrogens with zero attached hydrogens (tertiary/aromatic N) is 2. The van der Waals surface area contributed by atoms with Gasteiger partial charge in [-0.2, -0.15) is 0 Å². The minimum atomic E-state index is -0.702. The molecule has 3 amide bonds. The van der Waals surface area contributed by atoms with Gasteiger partial charge in [-0.3, -0.25) is 14.4 Å². The van der Waals surface area contributed by atoms with Crippen molar-refractivity contribution in [2.24, 2.45) is 0 Å². The Bertz CT molecular complexity index is 714. The Hall–Kier alpha value is -2.77. The Morgan fingerprint density at radius 2 is 1.93 bits per heavy atom. The third-order valence-electron chi connectivity index (χ3n) is 4.05. The number of nitrogens with one attached hydrogen (secondary N) is 2. The first-order valence-corrected chi connectivity index (χ1v) is 8.88. The lowest BCUT2D eigenvalue weighted by Gasteiger charge is -2.35. The van der Waals surface area contributed by atoms with Crippen LogP contribution >= 0.6 is 0 Å². The first-order valence-electron chi connectivity index (χ1n) is 8.88. The van der Waals surface area contributed by atoms with Crippen LogP contribution in [-0.4, -0.2) is 68.0 Å². The average Bonchev–Trinajstić information content (AvgIpc) is 2.59. The maximum atomic E-state index is 12.6. The van der Waals surface area contributed by atoms with Gasteiger partial charge < -0.3 is 25.2 Å². The summed E-state index contributed by atoms with van der Waals surface area (Å²) in [5, 5.41) is 5.41. The first kappa shape index (κ1) is 20.5. The Kier molecular flexibility index (Phi) is 6.30. The third kappa shape index (κ3) is 5.60. The maximum absolute atomic E-state index is 12.6. The van der Waals surface area contributed by atoms with Crippen LogP contribution in [0.25, 0.3) is 0 Å². The van der Waals surface area contributed by atoms with E-state index in [4.69, 9.17) is 4.74 Å². The van der Waals surface area contributed by atoms with E-state index in [1.54, 1.807) is 25.1 Å². The van der Waals surface area contributed by atoms with Gasteiger partial charge >= 0.3 is 0 Å². The normalized spacial score (nSPS) is 16.0. The SMILES string of the molecule is CNC(=O)[C@H]1CN(CC(=O)N(C)CC(=O)NC(C)(C)C)c2ccccc2O1. The Morgan fingerprint density at radius 1 is 1.26 bits per heavy atom. The molecule has 148 valence electrons. The van der Waals surface area contributed by atoms with Crippen LogP contribution in [-0.2, 0) is 14.4 Å². The van der Waals surface area contributed by atoms with E-state index >= 15 is 0 Å². The molecule has 1 aliphatic rings. The van der Waals surface area contributed by atoms with Gasteiger partial charge in [0.25, 0.3) is 5.91 Å². The summed E-state index contributed by atoms with van der Waals surface area (Å²) in [5.41, 5.74) is 0.392. The molecule has 0 radical (unpaired) electrons. The van der Waals surface area contributed by atoms with Crippen molar-refractivity contribution in [1.29, 1.82) is 0 Å². The highest BCUT2D eigenvalue weighted by atomic mass is 16.5. The number of benzene rings is 1. The van der Waals surface area contributed by atoms with Crippen LogP contribution in [0, 0.1) is 0 Å². The number of likely N-dealkylation sites (N-methyl/N-ethyl adjacent to an activating group) is 2. The summed E-state index contributed by atoms with van der Waals surface area (Å²) in [6, 6.07) is 7.27. The van der Waals surface area contributed by atoms with Crippen molar-refractivity contribution in [3.8, 4) is 5.75 Å². The fourth-order valence-corrected chi connectivity index (χ4v) is 2.80. The molecule has 1 aliphatic heterocycles. The molecule has 2 rings (SSSR count). The number of hydrogen-bond donors (Lipinski definition) is 2. The quantitative estimate of drug-likeness (QED) is 0.775. The molecule has 1 aromatic rings. The smallest absolute Gasteiger partial charge is 0.262 e. The molecule has 0 aliphatic carbocycles. The van der Waals surface area contributed by atoms with Gasteiger partial charge in [-0.25, -0.2) is 0 Å². The molecule has 0 aromatic heterocycles. The van der Waals surface area contributed by atoms with E-state index in [9.17, 15) is 14.4 Å². The minimum Gasteiger partial charge on any atom is -0.477 e. The first-order chi connectivity index (χ1) is 12.6. The number of para-hydroxylation sites is 2. The molecule has 2 N–H and O–H groups in total. The van der Waals surface area contributed by atoms with Crippen LogP contribution in [0.15, 0.2) is 24.3 Å². The van der Waals surface area contributed by atoms with Crippen LogP contribution in [0.4, 0.5) is 5.69 Å². The average molecular weight is 376 g/mol. The highest BCUT2D eigenvalue weighted by molar-refractivity contribution is 5.88. The van der Waals surface area contributed by atoms with Crippen molar-refractivity contribution < 1.29 is 19.1 Å². The fraction of sp³-hybridized carbons (Fsp3) is 0.526. The summed E-state index contributed by atoms with van der Waals surface area (Å²) in [6.07, 6.45) is -0.702. The van der Waals surface area contributed by atoms with E-state index in [1.165, 1.54) is 4.90 Å². The van der Waals surface area contributed by atoms with Crippen molar-refractivity contribution >= 4 is 23.4 Å². The number of anilines is 1. The standard InChI is InChI=1S/C19H28N4O4/c1-19(2,3)21-16(24)11-22(5)17(25)12-23-10-15(18(26)20-4)27-14-9-7-6-8-13(14)23/h6-9,15H,10-12H2,1-5H3,(H,20,26)(H,21,24)/t15-/m1/s1. The lowest BCUT2D eigenvalue weighted by molar-refractivity contribution is -0.134. The number of carbonyl (C=O) groups is 3. The predicted octanol–water partition coefficient (Wildman–Crippen LogP) is 0.373. The molecular weight excluding hydrogens is 348 g/mol. The topological polar surface area (TPSA) is 91.0 Å². The zero-order chi connectivity index (χ0) is 20.2. The molecular formula is C19H28N4O4. The summed E-state index contributed by atoms with van der Waals surface area (Å²) in [7, 11) is 3.14. The second-order valence-corrected chi connectivity index (χ2v) is 7.62. The predicted molar refractivity (Wildman–Crippen MR) is 103 cm³/mol. The molecule has 0 saturated heterocycles. The Morgan fingerprint density at radius 3 is 2.56 bits per heavy atom. The Balaban J connectivity index is 2.07. The maximum Gasteiger partial charge on any atom is 0.262 e. The van der Waals surface area contributed by atoms with Gasteiger partial charge in [0, 0.05) is 19.6 Å². The summed E-state index contributed by atoms with van der Waals surface area (Å²) < 4.78 is 5.73. The van der Waals surface area contributed by atoms with Crippen molar-refractivity contribution in [1.82, 2.24) is 15.5 Å². The van der Waals surface area contributed by atoms with Gasteiger partial charge in [0.2, 0.25) is 11.8 Å².